The molecule has 7 heteroatoms. The molecule has 1 aromatic carbocycles. The van der Waals surface area contributed by atoms with Crippen LogP contribution in [0.4, 0.5) is 5.69 Å². The van der Waals surface area contributed by atoms with E-state index in [0.29, 0.717) is 0 Å². The van der Waals surface area contributed by atoms with Gasteiger partial charge in [-0.1, -0.05) is 6.07 Å². The van der Waals surface area contributed by atoms with E-state index in [9.17, 15) is 0 Å². The summed E-state index contributed by atoms with van der Waals surface area (Å²) in [5.41, 5.74) is 4.51. The second-order valence-electron chi connectivity index (χ2n) is 8.34. The second kappa shape index (κ2) is 9.08. The third-order valence-corrected chi connectivity index (χ3v) is 6.07. The van der Waals surface area contributed by atoms with Gasteiger partial charge in [-0.3, -0.25) is 4.98 Å². The van der Waals surface area contributed by atoms with E-state index in [-0.39, 0.29) is 12.1 Å². The molecule has 1 fully saturated rings. The third-order valence-electron chi connectivity index (χ3n) is 5.71. The number of rotatable bonds is 7. The summed E-state index contributed by atoms with van der Waals surface area (Å²) >= 11 is 5.78. The van der Waals surface area contributed by atoms with Gasteiger partial charge >= 0.3 is 0 Å². The van der Waals surface area contributed by atoms with Gasteiger partial charge in [0.15, 0.2) is 5.11 Å². The molecule has 0 aliphatic carbocycles. The highest BCUT2D eigenvalue weighted by atomic mass is 32.1. The van der Waals surface area contributed by atoms with Gasteiger partial charge < -0.3 is 24.6 Å². The van der Waals surface area contributed by atoms with Gasteiger partial charge in [0.05, 0.1) is 17.8 Å². The first kappa shape index (κ1) is 21.3. The number of nitrogens with one attached hydrogen (secondary N) is 1. The van der Waals surface area contributed by atoms with Crippen molar-refractivity contribution in [3.8, 4) is 5.69 Å². The summed E-state index contributed by atoms with van der Waals surface area (Å²) in [5, 5.41) is 4.32. The van der Waals surface area contributed by atoms with Gasteiger partial charge in [0.2, 0.25) is 0 Å². The van der Waals surface area contributed by atoms with Crippen LogP contribution in [0.2, 0.25) is 0 Å². The van der Waals surface area contributed by atoms with Crippen molar-refractivity contribution in [2.24, 2.45) is 0 Å². The number of hydrogen-bond acceptors (Lipinski definition) is 4. The minimum Gasteiger partial charge on any atom is -0.378 e. The molecule has 0 spiro atoms. The topological polar surface area (TPSA) is 39.6 Å². The quantitative estimate of drug-likeness (QED) is 0.574. The second-order valence-corrected chi connectivity index (χ2v) is 8.72. The third kappa shape index (κ3) is 4.43. The van der Waals surface area contributed by atoms with Gasteiger partial charge in [0.1, 0.15) is 0 Å². The van der Waals surface area contributed by atoms with Crippen LogP contribution in [0.1, 0.15) is 23.5 Å². The number of benzene rings is 1. The summed E-state index contributed by atoms with van der Waals surface area (Å²) in [6.07, 6.45) is 3.97. The van der Waals surface area contributed by atoms with Crippen LogP contribution in [0.3, 0.4) is 0 Å². The predicted molar refractivity (Wildman–Crippen MR) is 131 cm³/mol. The Labute approximate surface area is 190 Å². The Morgan fingerprint density at radius 3 is 2.42 bits per heavy atom. The SMILES string of the molecule is CN(C)CCN1C(=S)N[C@H](c2ccccn2)[C@@H]1c1cccn1-c1ccc(N(C)C)cc1. The Bertz CT molecular complexity index is 1010. The summed E-state index contributed by atoms with van der Waals surface area (Å²) < 4.78 is 2.26. The Morgan fingerprint density at radius 2 is 1.77 bits per heavy atom. The summed E-state index contributed by atoms with van der Waals surface area (Å²) in [7, 11) is 8.29. The van der Waals surface area contributed by atoms with Crippen molar-refractivity contribution in [3.63, 3.8) is 0 Å². The number of nitrogens with zero attached hydrogens (tertiary/aromatic N) is 5. The highest BCUT2D eigenvalue weighted by molar-refractivity contribution is 7.80. The monoisotopic (exact) mass is 434 g/mol. The molecule has 2 aromatic heterocycles. The molecule has 1 saturated heterocycles. The number of hydrogen-bond donors (Lipinski definition) is 1. The first-order chi connectivity index (χ1) is 15.0. The first-order valence-corrected chi connectivity index (χ1v) is 10.9. The van der Waals surface area contributed by atoms with Crippen LogP contribution in [-0.4, -0.2) is 65.7 Å². The molecule has 0 amide bonds. The van der Waals surface area contributed by atoms with Crippen LogP contribution in [0.25, 0.3) is 5.69 Å². The molecule has 0 saturated carbocycles. The summed E-state index contributed by atoms with van der Waals surface area (Å²) in [6, 6.07) is 19.0. The number of pyridine rings is 1. The fourth-order valence-electron chi connectivity index (χ4n) is 4.06. The number of likely N-dealkylation sites (N-methyl/N-ethyl adjacent to an activating group) is 1. The largest absolute Gasteiger partial charge is 0.378 e. The maximum atomic E-state index is 5.78. The van der Waals surface area contributed by atoms with Crippen LogP contribution in [-0.2, 0) is 0 Å². The minimum atomic E-state index is -0.00874. The Morgan fingerprint density at radius 1 is 1.00 bits per heavy atom. The van der Waals surface area contributed by atoms with Crippen molar-refractivity contribution >= 4 is 23.0 Å². The molecule has 1 aliphatic heterocycles. The molecule has 0 unspecified atom stereocenters. The molecule has 1 aliphatic rings. The van der Waals surface area contributed by atoms with E-state index >= 15 is 0 Å². The highest BCUT2D eigenvalue weighted by Crippen LogP contribution is 2.39. The highest BCUT2D eigenvalue weighted by Gasteiger charge is 2.41. The zero-order chi connectivity index (χ0) is 22.0. The Balaban J connectivity index is 1.74. The van der Waals surface area contributed by atoms with Crippen LogP contribution in [0.15, 0.2) is 67.0 Å². The molecule has 0 bridgehead atoms. The number of thiocarbonyl (C=S) groups is 1. The van der Waals surface area contributed by atoms with E-state index in [4.69, 9.17) is 12.2 Å². The number of anilines is 1. The minimum absolute atomic E-state index is 0.00874. The molecular weight excluding hydrogens is 404 g/mol. The average molecular weight is 435 g/mol. The van der Waals surface area contributed by atoms with Crippen LogP contribution in [0, 0.1) is 0 Å². The molecule has 3 heterocycles. The van der Waals surface area contributed by atoms with Crippen molar-refractivity contribution in [1.82, 2.24) is 24.7 Å². The molecule has 162 valence electrons. The molecule has 4 rings (SSSR count). The van der Waals surface area contributed by atoms with E-state index < -0.39 is 0 Å². The van der Waals surface area contributed by atoms with Crippen molar-refractivity contribution in [2.45, 2.75) is 12.1 Å². The van der Waals surface area contributed by atoms with Gasteiger partial charge in [0, 0.05) is 56.6 Å². The van der Waals surface area contributed by atoms with Crippen LogP contribution in [0.5, 0.6) is 0 Å². The molecule has 3 aromatic rings. The van der Waals surface area contributed by atoms with Crippen molar-refractivity contribution in [1.29, 1.82) is 0 Å². The maximum absolute atomic E-state index is 5.78. The molecule has 2 atom stereocenters. The normalized spacial score (nSPS) is 18.5. The van der Waals surface area contributed by atoms with Gasteiger partial charge in [0.25, 0.3) is 0 Å². The van der Waals surface area contributed by atoms with E-state index in [1.165, 1.54) is 11.4 Å². The Kier molecular flexibility index (Phi) is 6.25. The fraction of sp³-hybridized carbons (Fsp3) is 0.333. The van der Waals surface area contributed by atoms with E-state index in [1.54, 1.807) is 0 Å². The van der Waals surface area contributed by atoms with Gasteiger partial charge in [-0.15, -0.1) is 0 Å². The summed E-state index contributed by atoms with van der Waals surface area (Å²) in [5.74, 6) is 0. The van der Waals surface area contributed by atoms with E-state index in [1.807, 2.05) is 18.3 Å². The smallest absolute Gasteiger partial charge is 0.170 e. The summed E-state index contributed by atoms with van der Waals surface area (Å²) in [6.45, 7) is 1.77. The molecular formula is C24H30N6S. The molecule has 6 nitrogen and oxygen atoms in total. The van der Waals surface area contributed by atoms with Crippen LogP contribution >= 0.6 is 12.2 Å². The standard InChI is InChI=1S/C24H30N6S/c1-27(2)16-17-30-23(22(26-24(30)31)20-8-5-6-14-25-20)21-9-7-15-29(21)19-12-10-18(11-13-19)28(3)4/h5-15,22-23H,16-17H2,1-4H3,(H,26,31)/t22-,23+/m1/s1. The molecule has 0 radical (unpaired) electrons. The first-order valence-electron chi connectivity index (χ1n) is 10.5. The van der Waals surface area contributed by atoms with E-state index in [0.717, 1.165) is 29.6 Å². The zero-order valence-corrected chi connectivity index (χ0v) is 19.4. The lowest BCUT2D eigenvalue weighted by molar-refractivity contribution is 0.272. The molecule has 31 heavy (non-hydrogen) atoms. The van der Waals surface area contributed by atoms with Crippen molar-refractivity contribution in [2.75, 3.05) is 46.2 Å². The fourth-order valence-corrected chi connectivity index (χ4v) is 4.39. The van der Waals surface area contributed by atoms with Crippen molar-refractivity contribution < 1.29 is 0 Å². The summed E-state index contributed by atoms with van der Waals surface area (Å²) in [4.78, 5) is 11.2. The lowest BCUT2D eigenvalue weighted by Crippen LogP contribution is -2.36. The zero-order valence-electron chi connectivity index (χ0n) is 18.6. The average Bonchev–Trinajstić information content (AvgIpc) is 3.37. The maximum Gasteiger partial charge on any atom is 0.170 e. The van der Waals surface area contributed by atoms with Gasteiger partial charge in [-0.2, -0.15) is 0 Å². The van der Waals surface area contributed by atoms with Gasteiger partial charge in [-0.05, 0) is 74.8 Å². The number of aromatic nitrogens is 2. The van der Waals surface area contributed by atoms with E-state index in [2.05, 4.69) is 106 Å². The van der Waals surface area contributed by atoms with Crippen molar-refractivity contribution in [3.05, 3.63) is 78.4 Å². The lowest BCUT2D eigenvalue weighted by Gasteiger charge is -2.30. The lowest BCUT2D eigenvalue weighted by atomic mass is 10.0. The van der Waals surface area contributed by atoms with Crippen LogP contribution < -0.4 is 10.2 Å². The van der Waals surface area contributed by atoms with Gasteiger partial charge in [-0.25, -0.2) is 0 Å². The predicted octanol–water partition coefficient (Wildman–Crippen LogP) is 3.47. The Hall–Kier alpha value is -2.90. The molecule has 1 N–H and O–H groups in total.